The quantitative estimate of drug-likeness (QED) is 0.146. The number of allylic oxidation sites excluding steroid dienone is 4. The molecular formula is C34H41Cl2Ti-3. The minimum atomic E-state index is 0. The average Bonchev–Trinajstić information content (AvgIpc) is 3.51. The van der Waals surface area contributed by atoms with Crippen LogP contribution in [0.4, 0.5) is 0 Å². The van der Waals surface area contributed by atoms with Crippen molar-refractivity contribution in [2.45, 2.75) is 72.1 Å². The van der Waals surface area contributed by atoms with Crippen LogP contribution in [-0.2, 0) is 37.2 Å². The molecule has 0 nitrogen and oxygen atoms in total. The van der Waals surface area contributed by atoms with E-state index in [-0.39, 0.29) is 35.6 Å². The van der Waals surface area contributed by atoms with Gasteiger partial charge < -0.3 is 0 Å². The minimum Gasteiger partial charge on any atom is -0.273 e. The van der Waals surface area contributed by atoms with Gasteiger partial charge in [0.05, 0.1) is 0 Å². The summed E-state index contributed by atoms with van der Waals surface area (Å²) < 4.78 is 2.00. The van der Waals surface area contributed by atoms with Crippen LogP contribution in [-0.4, -0.2) is 4.31 Å². The van der Waals surface area contributed by atoms with Crippen molar-refractivity contribution in [3.63, 3.8) is 0 Å². The number of fused-ring (bicyclic) bond motifs is 3. The molecule has 0 N–H and O–H groups in total. The fourth-order valence-electron chi connectivity index (χ4n) is 3.71. The maximum Gasteiger partial charge on any atom is -0.109 e. The zero-order chi connectivity index (χ0) is 25.9. The van der Waals surface area contributed by atoms with Crippen molar-refractivity contribution in [1.82, 2.24) is 0 Å². The number of benzene rings is 3. The van der Waals surface area contributed by atoms with Crippen LogP contribution in [0, 0.1) is 18.2 Å². The Morgan fingerprint density at radius 3 is 1.86 bits per heavy atom. The first-order chi connectivity index (χ1) is 16.6. The number of halogens is 2. The van der Waals surface area contributed by atoms with Crippen molar-refractivity contribution >= 4 is 29.1 Å². The summed E-state index contributed by atoms with van der Waals surface area (Å²) in [5.41, 5.74) is 8.70. The summed E-state index contributed by atoms with van der Waals surface area (Å²) in [7, 11) is 0. The van der Waals surface area contributed by atoms with Crippen LogP contribution in [0.3, 0.4) is 0 Å². The van der Waals surface area contributed by atoms with Crippen molar-refractivity contribution in [3.8, 4) is 11.1 Å². The SMILES string of the molecule is CC(C)(C)c1[c-]c2c(cc1)-c1ccc(C(C)(C)C)cc1C2.C[CH]=[Ti].Cl.Cl.[C-]1=CC=CC1.[c-]1ccccc1. The Hall–Kier alpha value is -1.70. The Morgan fingerprint density at radius 2 is 1.46 bits per heavy atom. The number of rotatable bonds is 0. The molecule has 3 aromatic rings. The van der Waals surface area contributed by atoms with Gasteiger partial charge in [0.15, 0.2) is 0 Å². The minimum absolute atomic E-state index is 0. The van der Waals surface area contributed by atoms with E-state index in [0.717, 1.165) is 12.8 Å². The molecule has 0 amide bonds. The van der Waals surface area contributed by atoms with E-state index >= 15 is 0 Å². The molecule has 0 spiro atoms. The van der Waals surface area contributed by atoms with Crippen LogP contribution in [0.2, 0.25) is 0 Å². The van der Waals surface area contributed by atoms with Gasteiger partial charge in [0.2, 0.25) is 0 Å². The normalized spacial score (nSPS) is 11.9. The largest absolute Gasteiger partial charge is 0.273 e. The topological polar surface area (TPSA) is 0 Å². The fraction of sp³-hybridized carbons (Fsp3) is 0.324. The zero-order valence-corrected chi connectivity index (χ0v) is 26.5. The number of hydrogen-bond acceptors (Lipinski definition) is 0. The molecule has 0 heterocycles. The van der Waals surface area contributed by atoms with Crippen LogP contribution in [0.1, 0.15) is 77.1 Å². The molecule has 198 valence electrons. The Balaban J connectivity index is 0.000000665. The second kappa shape index (κ2) is 17.0. The monoisotopic (exact) mass is 567 g/mol. The molecule has 2 aliphatic rings. The molecule has 0 radical (unpaired) electrons. The molecule has 3 aromatic carbocycles. The molecule has 5 rings (SSSR count). The van der Waals surface area contributed by atoms with Gasteiger partial charge in [-0.15, -0.1) is 42.4 Å². The molecule has 2 aliphatic carbocycles. The summed E-state index contributed by atoms with van der Waals surface area (Å²) in [5, 5.41) is 0. The third-order valence-electron chi connectivity index (χ3n) is 5.66. The van der Waals surface area contributed by atoms with Crippen molar-refractivity contribution in [3.05, 3.63) is 119 Å². The van der Waals surface area contributed by atoms with Crippen LogP contribution in [0.5, 0.6) is 0 Å². The van der Waals surface area contributed by atoms with Crippen LogP contribution in [0.15, 0.2) is 78.9 Å². The van der Waals surface area contributed by atoms with Gasteiger partial charge in [0.25, 0.3) is 0 Å². The standard InChI is InChI=1S/C21H25.C6H5.C5H5.C2H4.2ClH.Ti/c1-20(2,3)16-7-9-18-14(12-16)11-15-13-17(21(4,5)6)8-10-19(15)18;1-2-4-6-5-3-1;1-2-4-5-3-1;1-2;;;/h7-10,12H,11H2,1-6H3;1-5H;1-3H,4H2;1H,2H3;2*1H;/q3*-1;;;;. The van der Waals surface area contributed by atoms with Crippen LogP contribution < -0.4 is 0 Å². The van der Waals surface area contributed by atoms with E-state index in [9.17, 15) is 0 Å². The Bertz CT molecular complexity index is 1030. The molecule has 0 aromatic heterocycles. The average molecular weight is 568 g/mol. The van der Waals surface area contributed by atoms with Crippen LogP contribution >= 0.6 is 24.8 Å². The summed E-state index contributed by atoms with van der Waals surface area (Å²) in [5.74, 6) is 0. The van der Waals surface area contributed by atoms with Crippen molar-refractivity contribution in [1.29, 1.82) is 0 Å². The summed E-state index contributed by atoms with van der Waals surface area (Å²) >= 11 is 2.00. The fourth-order valence-corrected chi connectivity index (χ4v) is 3.71. The molecular weight excluding hydrogens is 527 g/mol. The van der Waals surface area contributed by atoms with Crippen molar-refractivity contribution in [2.24, 2.45) is 0 Å². The third-order valence-corrected chi connectivity index (χ3v) is 5.66. The first-order valence-corrected chi connectivity index (χ1v) is 13.3. The van der Waals surface area contributed by atoms with Gasteiger partial charge in [-0.2, -0.15) is 66.2 Å². The molecule has 37 heavy (non-hydrogen) atoms. The molecule has 3 heteroatoms. The summed E-state index contributed by atoms with van der Waals surface area (Å²) in [6.45, 7) is 15.6. The maximum absolute atomic E-state index is 3.67. The van der Waals surface area contributed by atoms with Gasteiger partial charge in [-0.05, 0) is 28.4 Å². The second-order valence-electron chi connectivity index (χ2n) is 10.7. The number of hydrogen-bond donors (Lipinski definition) is 0. The smallest absolute Gasteiger partial charge is 0.109 e. The Kier molecular flexibility index (Phi) is 16.2. The summed E-state index contributed by atoms with van der Waals surface area (Å²) in [4.78, 5) is 0. The molecule has 0 fully saturated rings. The Labute approximate surface area is 250 Å². The third kappa shape index (κ3) is 11.7. The summed E-state index contributed by atoms with van der Waals surface area (Å²) in [6, 6.07) is 27.7. The molecule has 0 bridgehead atoms. The van der Waals surface area contributed by atoms with Crippen molar-refractivity contribution in [2.75, 3.05) is 0 Å². The van der Waals surface area contributed by atoms with E-state index in [0.29, 0.717) is 0 Å². The first-order valence-electron chi connectivity index (χ1n) is 12.3. The molecule has 0 saturated heterocycles. The van der Waals surface area contributed by atoms with Crippen LogP contribution in [0.25, 0.3) is 11.1 Å². The predicted octanol–water partition coefficient (Wildman–Crippen LogP) is 9.64. The summed E-state index contributed by atoms with van der Waals surface area (Å²) in [6.07, 6.45) is 11.0. The van der Waals surface area contributed by atoms with Gasteiger partial charge in [0.1, 0.15) is 0 Å². The van der Waals surface area contributed by atoms with Gasteiger partial charge >= 0.3 is 31.2 Å². The van der Waals surface area contributed by atoms with E-state index in [2.05, 4.69) is 96.2 Å². The Morgan fingerprint density at radius 1 is 0.838 bits per heavy atom. The van der Waals surface area contributed by atoms with Gasteiger partial charge in [-0.1, -0.05) is 65.3 Å². The van der Waals surface area contributed by atoms with E-state index in [1.54, 1.807) is 0 Å². The van der Waals surface area contributed by atoms with E-state index < -0.39 is 0 Å². The van der Waals surface area contributed by atoms with E-state index in [4.69, 9.17) is 0 Å². The van der Waals surface area contributed by atoms with E-state index in [1.165, 1.54) is 33.4 Å². The van der Waals surface area contributed by atoms with Gasteiger partial charge in [-0.25, -0.2) is 12.2 Å². The predicted molar refractivity (Wildman–Crippen MR) is 164 cm³/mol. The van der Waals surface area contributed by atoms with Crippen molar-refractivity contribution < 1.29 is 20.0 Å². The second-order valence-corrected chi connectivity index (χ2v) is 11.6. The zero-order valence-electron chi connectivity index (χ0n) is 23.3. The molecule has 0 aliphatic heterocycles. The van der Waals surface area contributed by atoms with Gasteiger partial charge in [-0.3, -0.25) is 6.08 Å². The molecule has 0 unspecified atom stereocenters. The van der Waals surface area contributed by atoms with E-state index in [1.807, 2.05) is 73.7 Å². The molecule has 0 saturated carbocycles. The maximum atomic E-state index is 3.67. The molecule has 0 atom stereocenters. The first kappa shape index (κ1) is 35.3. The van der Waals surface area contributed by atoms with Gasteiger partial charge in [0, 0.05) is 0 Å².